The van der Waals surface area contributed by atoms with Gasteiger partial charge >= 0.3 is 0 Å². The van der Waals surface area contributed by atoms with Gasteiger partial charge in [0.1, 0.15) is 0 Å². The monoisotopic (exact) mass is 534 g/mol. The zero-order valence-corrected chi connectivity index (χ0v) is 21.4. The van der Waals surface area contributed by atoms with Gasteiger partial charge in [-0.15, -0.1) is 0 Å². The predicted octanol–water partition coefficient (Wildman–Crippen LogP) is 6.33. The Kier molecular flexibility index (Phi) is 8.22. The van der Waals surface area contributed by atoms with Crippen LogP contribution in [0.3, 0.4) is 0 Å². The molecule has 9 heteroatoms. The zero-order valence-electron chi connectivity index (χ0n) is 18.3. The molecule has 4 rings (SSSR count). The summed E-state index contributed by atoms with van der Waals surface area (Å²) >= 11 is 13.9. The number of amides is 1. The second kappa shape index (κ2) is 11.1. The molecule has 1 N–H and O–H groups in total. The summed E-state index contributed by atoms with van der Waals surface area (Å²) in [6.45, 7) is 0.499. The van der Waals surface area contributed by atoms with Crippen LogP contribution in [0.5, 0.6) is 0 Å². The molecule has 178 valence electrons. The van der Waals surface area contributed by atoms with E-state index in [4.69, 9.17) is 23.2 Å². The van der Waals surface area contributed by atoms with Crippen molar-refractivity contribution in [3.8, 4) is 0 Å². The van der Waals surface area contributed by atoms with Gasteiger partial charge < -0.3 is 5.32 Å². The van der Waals surface area contributed by atoms with Gasteiger partial charge in [0.15, 0.2) is 0 Å². The number of hydrogen-bond acceptors (Lipinski definition) is 4. The fourth-order valence-corrected chi connectivity index (χ4v) is 7.15. The van der Waals surface area contributed by atoms with Crippen LogP contribution in [0, 0.1) is 5.92 Å². The minimum Gasteiger partial charge on any atom is -0.325 e. The lowest BCUT2D eigenvalue weighted by molar-refractivity contribution is -0.120. The lowest BCUT2D eigenvalue weighted by atomic mass is 9.99. The number of nitrogens with one attached hydrogen (secondary N) is 1. The van der Waals surface area contributed by atoms with Crippen molar-refractivity contribution in [2.45, 2.75) is 28.4 Å². The Morgan fingerprint density at radius 2 is 1.65 bits per heavy atom. The number of carbonyl (C=O) groups excluding carboxylic acids is 1. The first-order chi connectivity index (χ1) is 16.3. The fourth-order valence-electron chi connectivity index (χ4n) is 3.86. The van der Waals surface area contributed by atoms with E-state index in [2.05, 4.69) is 5.32 Å². The Bertz CT molecular complexity index is 1250. The number of anilines is 1. The van der Waals surface area contributed by atoms with Gasteiger partial charge in [-0.1, -0.05) is 71.4 Å². The van der Waals surface area contributed by atoms with Gasteiger partial charge in [0.2, 0.25) is 15.9 Å². The number of hydrogen-bond donors (Lipinski definition) is 1. The summed E-state index contributed by atoms with van der Waals surface area (Å²) in [4.78, 5) is 15.1. The molecule has 0 unspecified atom stereocenters. The smallest absolute Gasteiger partial charge is 0.228 e. The van der Waals surface area contributed by atoms with Crippen molar-refractivity contribution in [2.24, 2.45) is 5.92 Å². The van der Waals surface area contributed by atoms with E-state index in [1.165, 1.54) is 4.31 Å². The second-order valence-electron chi connectivity index (χ2n) is 8.05. The molecule has 3 aromatic carbocycles. The highest BCUT2D eigenvalue weighted by Crippen LogP contribution is 2.34. The molecule has 0 radical (unpaired) electrons. The van der Waals surface area contributed by atoms with E-state index in [1.54, 1.807) is 30.0 Å². The molecule has 1 atom stereocenters. The van der Waals surface area contributed by atoms with E-state index in [-0.39, 0.29) is 18.2 Å². The Balaban J connectivity index is 1.45. The van der Waals surface area contributed by atoms with Gasteiger partial charge in [0, 0.05) is 38.5 Å². The van der Waals surface area contributed by atoms with Crippen LogP contribution in [0.2, 0.25) is 10.0 Å². The number of rotatable bonds is 7. The SMILES string of the molecule is O=C(Nc1ccccc1Sc1ccccc1)[C@@H]1CCCN(S(=O)(=O)Cc2c(Cl)cccc2Cl)C1. The molecule has 1 amide bonds. The maximum atomic E-state index is 13.1. The van der Waals surface area contributed by atoms with E-state index in [1.807, 2.05) is 54.6 Å². The van der Waals surface area contributed by atoms with Crippen LogP contribution >= 0.6 is 35.0 Å². The first-order valence-corrected chi connectivity index (χ1v) is 14.0. The first-order valence-electron chi connectivity index (χ1n) is 10.9. The molecule has 34 heavy (non-hydrogen) atoms. The molecule has 0 aliphatic carbocycles. The average Bonchev–Trinajstić information content (AvgIpc) is 2.83. The lowest BCUT2D eigenvalue weighted by Crippen LogP contribution is -2.44. The Morgan fingerprint density at radius 1 is 0.971 bits per heavy atom. The van der Waals surface area contributed by atoms with Crippen LogP contribution in [0.15, 0.2) is 82.6 Å². The van der Waals surface area contributed by atoms with Crippen molar-refractivity contribution < 1.29 is 13.2 Å². The summed E-state index contributed by atoms with van der Waals surface area (Å²) in [5.41, 5.74) is 1.09. The zero-order chi connectivity index (χ0) is 24.1. The number of para-hydroxylation sites is 1. The third-order valence-corrected chi connectivity index (χ3v) is 9.22. The molecule has 0 bridgehead atoms. The van der Waals surface area contributed by atoms with Crippen LogP contribution in [-0.2, 0) is 20.6 Å². The van der Waals surface area contributed by atoms with E-state index >= 15 is 0 Å². The van der Waals surface area contributed by atoms with Gasteiger partial charge in [-0.2, -0.15) is 0 Å². The van der Waals surface area contributed by atoms with Gasteiger partial charge in [-0.05, 0) is 49.2 Å². The molecule has 1 heterocycles. The minimum atomic E-state index is -3.69. The highest BCUT2D eigenvalue weighted by Gasteiger charge is 2.33. The second-order valence-corrected chi connectivity index (χ2v) is 12.0. The van der Waals surface area contributed by atoms with E-state index in [0.717, 1.165) is 9.79 Å². The topological polar surface area (TPSA) is 66.5 Å². The summed E-state index contributed by atoms with van der Waals surface area (Å²) in [6.07, 6.45) is 1.23. The Labute approximate surface area is 214 Å². The average molecular weight is 536 g/mol. The Morgan fingerprint density at radius 3 is 2.38 bits per heavy atom. The number of sulfonamides is 1. The van der Waals surface area contributed by atoms with E-state index in [0.29, 0.717) is 40.7 Å². The van der Waals surface area contributed by atoms with Crippen LogP contribution < -0.4 is 5.32 Å². The molecule has 1 aliphatic heterocycles. The van der Waals surface area contributed by atoms with Crippen LogP contribution in [0.25, 0.3) is 0 Å². The highest BCUT2D eigenvalue weighted by atomic mass is 35.5. The van der Waals surface area contributed by atoms with Crippen molar-refractivity contribution in [3.05, 3.63) is 88.4 Å². The summed E-state index contributed by atoms with van der Waals surface area (Å²) < 4.78 is 27.6. The summed E-state index contributed by atoms with van der Waals surface area (Å²) in [6, 6.07) is 22.5. The van der Waals surface area contributed by atoms with Crippen molar-refractivity contribution in [3.63, 3.8) is 0 Å². The van der Waals surface area contributed by atoms with Crippen molar-refractivity contribution in [1.82, 2.24) is 4.31 Å². The predicted molar refractivity (Wildman–Crippen MR) is 139 cm³/mol. The maximum absolute atomic E-state index is 13.1. The van der Waals surface area contributed by atoms with Crippen LogP contribution in [0.4, 0.5) is 5.69 Å². The van der Waals surface area contributed by atoms with Crippen molar-refractivity contribution >= 4 is 56.6 Å². The molecule has 0 aromatic heterocycles. The minimum absolute atomic E-state index is 0.129. The van der Waals surface area contributed by atoms with Crippen molar-refractivity contribution in [1.29, 1.82) is 0 Å². The maximum Gasteiger partial charge on any atom is 0.228 e. The third kappa shape index (κ3) is 6.15. The molecular formula is C25H24Cl2N2O3S2. The van der Waals surface area contributed by atoms with E-state index in [9.17, 15) is 13.2 Å². The molecular weight excluding hydrogens is 511 g/mol. The first kappa shape index (κ1) is 25.1. The number of halogens is 2. The summed E-state index contributed by atoms with van der Waals surface area (Å²) in [5, 5.41) is 3.65. The molecule has 3 aromatic rings. The van der Waals surface area contributed by atoms with Crippen LogP contribution in [0.1, 0.15) is 18.4 Å². The standard InChI is InChI=1S/C25H24Cl2N2O3S2/c26-21-11-6-12-22(27)20(21)17-34(31,32)29-15-7-8-18(16-29)25(30)28-23-13-4-5-14-24(23)33-19-9-2-1-3-10-19/h1-6,9-14,18H,7-8,15-17H2,(H,28,30)/t18-/m1/s1. The number of nitrogens with zero attached hydrogens (tertiary/aromatic N) is 1. The third-order valence-electron chi connectivity index (χ3n) is 5.65. The van der Waals surface area contributed by atoms with Gasteiger partial charge in [-0.3, -0.25) is 4.79 Å². The highest BCUT2D eigenvalue weighted by molar-refractivity contribution is 7.99. The van der Waals surface area contributed by atoms with Gasteiger partial charge in [-0.25, -0.2) is 12.7 Å². The van der Waals surface area contributed by atoms with Gasteiger partial charge in [0.05, 0.1) is 17.4 Å². The molecule has 5 nitrogen and oxygen atoms in total. The summed E-state index contributed by atoms with van der Waals surface area (Å²) in [7, 11) is -3.69. The number of benzene rings is 3. The molecule has 0 saturated carbocycles. The quantitative estimate of drug-likeness (QED) is 0.384. The molecule has 0 spiro atoms. The summed E-state index contributed by atoms with van der Waals surface area (Å²) in [5.74, 6) is -0.923. The number of carbonyl (C=O) groups is 1. The van der Waals surface area contributed by atoms with Crippen LogP contribution in [-0.4, -0.2) is 31.7 Å². The largest absolute Gasteiger partial charge is 0.325 e. The molecule has 1 aliphatic rings. The molecule has 1 fully saturated rings. The Hall–Kier alpha value is -2.03. The number of piperidine rings is 1. The lowest BCUT2D eigenvalue weighted by Gasteiger charge is -2.31. The van der Waals surface area contributed by atoms with Gasteiger partial charge in [0.25, 0.3) is 0 Å². The van der Waals surface area contributed by atoms with Crippen molar-refractivity contribution in [2.75, 3.05) is 18.4 Å². The normalized spacial score (nSPS) is 16.8. The fraction of sp³-hybridized carbons (Fsp3) is 0.240. The van der Waals surface area contributed by atoms with E-state index < -0.39 is 15.9 Å². The molecule has 1 saturated heterocycles.